The van der Waals surface area contributed by atoms with Crippen molar-refractivity contribution in [3.8, 4) is 0 Å². The van der Waals surface area contributed by atoms with Crippen molar-refractivity contribution in [1.82, 2.24) is 4.31 Å². The Bertz CT molecular complexity index is 559. The van der Waals surface area contributed by atoms with Crippen molar-refractivity contribution in [2.24, 2.45) is 5.92 Å². The highest BCUT2D eigenvalue weighted by Gasteiger charge is 2.37. The van der Waals surface area contributed by atoms with E-state index in [2.05, 4.69) is 0 Å². The summed E-state index contributed by atoms with van der Waals surface area (Å²) in [6.45, 7) is 4.50. The Kier molecular flexibility index (Phi) is 3.58. The number of nitrogens with two attached hydrogens (primary N) is 1. The third-order valence-electron chi connectivity index (χ3n) is 3.27. The number of hydrogen-bond donors (Lipinski definition) is 1. The number of anilines is 1. The molecular weight excluding hydrogens is 272 g/mol. The summed E-state index contributed by atoms with van der Waals surface area (Å²) in [6, 6.07) is 4.54. The molecule has 1 aliphatic rings. The minimum atomic E-state index is -3.55. The fourth-order valence-electron chi connectivity index (χ4n) is 2.44. The van der Waals surface area contributed by atoms with Gasteiger partial charge >= 0.3 is 0 Å². The molecule has 0 radical (unpaired) electrons. The lowest BCUT2D eigenvalue weighted by Crippen LogP contribution is -2.34. The molecule has 1 saturated heterocycles. The van der Waals surface area contributed by atoms with E-state index in [4.69, 9.17) is 17.3 Å². The van der Waals surface area contributed by atoms with Crippen LogP contribution < -0.4 is 5.73 Å². The molecule has 1 fully saturated rings. The van der Waals surface area contributed by atoms with E-state index >= 15 is 0 Å². The molecule has 2 rings (SSSR count). The van der Waals surface area contributed by atoms with Crippen LogP contribution >= 0.6 is 11.6 Å². The van der Waals surface area contributed by atoms with Gasteiger partial charge < -0.3 is 5.73 Å². The van der Waals surface area contributed by atoms with E-state index in [0.717, 1.165) is 6.42 Å². The highest BCUT2D eigenvalue weighted by molar-refractivity contribution is 7.89. The molecule has 0 saturated carbocycles. The van der Waals surface area contributed by atoms with Crippen LogP contribution in [0, 0.1) is 5.92 Å². The van der Waals surface area contributed by atoms with Gasteiger partial charge in [-0.05, 0) is 37.5 Å². The number of nitrogen functional groups attached to an aromatic ring is 1. The fraction of sp³-hybridized carbons (Fsp3) is 0.500. The summed E-state index contributed by atoms with van der Waals surface area (Å²) in [5.74, 6) is 0.370. The van der Waals surface area contributed by atoms with Crippen LogP contribution in [-0.4, -0.2) is 25.3 Å². The normalized spacial score (nSPS) is 25.5. The molecule has 0 amide bonds. The quantitative estimate of drug-likeness (QED) is 0.850. The van der Waals surface area contributed by atoms with Crippen molar-refractivity contribution < 1.29 is 8.42 Å². The van der Waals surface area contributed by atoms with Gasteiger partial charge in [0.15, 0.2) is 0 Å². The lowest BCUT2D eigenvalue weighted by Gasteiger charge is -2.21. The molecule has 2 unspecified atom stereocenters. The summed E-state index contributed by atoms with van der Waals surface area (Å²) in [4.78, 5) is 0.102. The van der Waals surface area contributed by atoms with Gasteiger partial charge in [0.1, 0.15) is 4.90 Å². The average molecular weight is 289 g/mol. The van der Waals surface area contributed by atoms with Crippen LogP contribution in [0.4, 0.5) is 5.69 Å². The summed E-state index contributed by atoms with van der Waals surface area (Å²) in [5.41, 5.74) is 6.04. The van der Waals surface area contributed by atoms with Gasteiger partial charge in [0.25, 0.3) is 0 Å². The van der Waals surface area contributed by atoms with E-state index in [9.17, 15) is 8.42 Å². The molecule has 100 valence electrons. The van der Waals surface area contributed by atoms with Crippen molar-refractivity contribution in [2.45, 2.75) is 31.2 Å². The van der Waals surface area contributed by atoms with Gasteiger partial charge in [-0.15, -0.1) is 0 Å². The first-order valence-corrected chi connectivity index (χ1v) is 7.71. The predicted molar refractivity (Wildman–Crippen MR) is 73.0 cm³/mol. The zero-order valence-corrected chi connectivity index (χ0v) is 12.0. The van der Waals surface area contributed by atoms with Gasteiger partial charge in [-0.25, -0.2) is 8.42 Å². The Morgan fingerprint density at radius 2 is 2.06 bits per heavy atom. The van der Waals surface area contributed by atoms with E-state index < -0.39 is 10.0 Å². The molecule has 2 N–H and O–H groups in total. The van der Waals surface area contributed by atoms with Crippen molar-refractivity contribution in [3.63, 3.8) is 0 Å². The minimum absolute atomic E-state index is 0.00231. The highest BCUT2D eigenvalue weighted by atomic mass is 35.5. The van der Waals surface area contributed by atoms with Crippen molar-refractivity contribution in [1.29, 1.82) is 0 Å². The van der Waals surface area contributed by atoms with Crippen LogP contribution in [-0.2, 0) is 10.0 Å². The maximum absolute atomic E-state index is 12.5. The molecule has 6 heteroatoms. The number of rotatable bonds is 2. The second-order valence-corrected chi connectivity index (χ2v) is 7.22. The summed E-state index contributed by atoms with van der Waals surface area (Å²) < 4.78 is 26.6. The summed E-state index contributed by atoms with van der Waals surface area (Å²) >= 11 is 5.98. The molecule has 0 spiro atoms. The van der Waals surface area contributed by atoms with Gasteiger partial charge in [0.2, 0.25) is 10.0 Å². The lowest BCUT2D eigenvalue weighted by molar-refractivity contribution is 0.405. The Balaban J connectivity index is 2.45. The lowest BCUT2D eigenvalue weighted by atomic mass is 10.1. The van der Waals surface area contributed by atoms with Gasteiger partial charge in [-0.1, -0.05) is 18.5 Å². The average Bonchev–Trinajstić information content (AvgIpc) is 2.62. The first-order chi connectivity index (χ1) is 8.32. The third kappa shape index (κ3) is 2.35. The molecular formula is C12H17ClN2O2S. The molecule has 0 aromatic heterocycles. The van der Waals surface area contributed by atoms with E-state index in [1.54, 1.807) is 6.07 Å². The molecule has 1 aliphatic heterocycles. The minimum Gasteiger partial charge on any atom is -0.399 e. The fourth-order valence-corrected chi connectivity index (χ4v) is 4.71. The summed E-state index contributed by atoms with van der Waals surface area (Å²) in [5, 5.41) is 0.218. The number of benzene rings is 1. The molecule has 18 heavy (non-hydrogen) atoms. The Morgan fingerprint density at radius 3 is 2.61 bits per heavy atom. The van der Waals surface area contributed by atoms with Gasteiger partial charge in [-0.2, -0.15) is 4.31 Å². The molecule has 1 heterocycles. The Morgan fingerprint density at radius 1 is 1.39 bits per heavy atom. The Hall–Kier alpha value is -0.780. The van der Waals surface area contributed by atoms with Crippen molar-refractivity contribution in [2.75, 3.05) is 12.3 Å². The number of sulfonamides is 1. The first kappa shape index (κ1) is 13.6. The number of halogens is 1. The maximum atomic E-state index is 12.5. The second kappa shape index (κ2) is 4.72. The SMILES string of the molecule is CC1CC(C)N(S(=O)(=O)c2cc(N)ccc2Cl)C1. The number of hydrogen-bond acceptors (Lipinski definition) is 3. The van der Waals surface area contributed by atoms with Crippen LogP contribution in [0.3, 0.4) is 0 Å². The monoisotopic (exact) mass is 288 g/mol. The van der Waals surface area contributed by atoms with Crippen LogP contribution in [0.15, 0.2) is 23.1 Å². The van der Waals surface area contributed by atoms with E-state index in [-0.39, 0.29) is 16.0 Å². The maximum Gasteiger partial charge on any atom is 0.244 e. The second-order valence-electron chi connectivity index (χ2n) is 4.95. The zero-order valence-electron chi connectivity index (χ0n) is 10.4. The summed E-state index contributed by atoms with van der Waals surface area (Å²) in [7, 11) is -3.55. The smallest absolute Gasteiger partial charge is 0.244 e. The standard InChI is InChI=1S/C12H17ClN2O2S/c1-8-5-9(2)15(7-8)18(16,17)12-6-10(14)3-4-11(12)13/h3-4,6,8-9H,5,7,14H2,1-2H3. The van der Waals surface area contributed by atoms with Crippen LogP contribution in [0.5, 0.6) is 0 Å². The topological polar surface area (TPSA) is 63.4 Å². The van der Waals surface area contributed by atoms with Crippen molar-refractivity contribution >= 4 is 27.3 Å². The molecule has 2 atom stereocenters. The van der Waals surface area contributed by atoms with Gasteiger partial charge in [-0.3, -0.25) is 0 Å². The van der Waals surface area contributed by atoms with E-state index in [0.29, 0.717) is 18.2 Å². The molecule has 1 aromatic carbocycles. The molecule has 0 bridgehead atoms. The zero-order chi connectivity index (χ0) is 13.5. The van der Waals surface area contributed by atoms with Crippen LogP contribution in [0.1, 0.15) is 20.3 Å². The number of nitrogens with zero attached hydrogens (tertiary/aromatic N) is 1. The van der Waals surface area contributed by atoms with Crippen LogP contribution in [0.25, 0.3) is 0 Å². The first-order valence-electron chi connectivity index (χ1n) is 5.89. The predicted octanol–water partition coefficient (Wildman–Crippen LogP) is 2.34. The van der Waals surface area contributed by atoms with Crippen LogP contribution in [0.2, 0.25) is 5.02 Å². The molecule has 1 aromatic rings. The van der Waals surface area contributed by atoms with Gasteiger partial charge in [0, 0.05) is 18.3 Å². The van der Waals surface area contributed by atoms with E-state index in [1.807, 2.05) is 13.8 Å². The highest BCUT2D eigenvalue weighted by Crippen LogP contribution is 2.32. The van der Waals surface area contributed by atoms with Crippen molar-refractivity contribution in [3.05, 3.63) is 23.2 Å². The molecule has 0 aliphatic carbocycles. The third-order valence-corrected chi connectivity index (χ3v) is 5.73. The van der Waals surface area contributed by atoms with Gasteiger partial charge in [0.05, 0.1) is 5.02 Å². The summed E-state index contributed by atoms with van der Waals surface area (Å²) in [6.07, 6.45) is 0.874. The Labute approximate surface area is 113 Å². The molecule has 4 nitrogen and oxygen atoms in total. The van der Waals surface area contributed by atoms with E-state index in [1.165, 1.54) is 16.4 Å². The largest absolute Gasteiger partial charge is 0.399 e.